The molecule has 34 heavy (non-hydrogen) atoms. The Labute approximate surface area is 192 Å². The molecule has 11 N–H and O–H groups in total. The standard InChI is InChI=1S/C18H32O16/c19-1-4-7(22)9(24)11(26)17(31-4)33-14-6(3-21)32-18(12(27)10(14)25)34-15-8(23)5(2-20)30-16(29)13(15)28/h4-29H,1-3H2/t4-,5-,6-,7-,8-,9+,10-,11-,12-,13-,14+,15+,16?,17+,18+/m1/s1. The topological polar surface area (TPSA) is 269 Å². The minimum absolute atomic E-state index is 0.740. The van der Waals surface area contributed by atoms with Crippen molar-refractivity contribution in [3.05, 3.63) is 0 Å². The van der Waals surface area contributed by atoms with Crippen LogP contribution in [-0.4, -0.2) is 168 Å². The van der Waals surface area contributed by atoms with Gasteiger partial charge in [-0.05, 0) is 0 Å². The lowest BCUT2D eigenvalue weighted by Crippen LogP contribution is -2.66. The van der Waals surface area contributed by atoms with Gasteiger partial charge >= 0.3 is 0 Å². The highest BCUT2D eigenvalue weighted by atomic mass is 16.7. The summed E-state index contributed by atoms with van der Waals surface area (Å²) < 4.78 is 26.2. The molecule has 3 fully saturated rings. The Balaban J connectivity index is 1.72. The van der Waals surface area contributed by atoms with Crippen LogP contribution in [0.3, 0.4) is 0 Å². The lowest BCUT2D eigenvalue weighted by molar-refractivity contribution is -0.378. The Kier molecular flexibility index (Phi) is 9.54. The molecule has 0 amide bonds. The van der Waals surface area contributed by atoms with Gasteiger partial charge in [-0.2, -0.15) is 0 Å². The van der Waals surface area contributed by atoms with Crippen LogP contribution < -0.4 is 0 Å². The van der Waals surface area contributed by atoms with Crippen molar-refractivity contribution < 1.29 is 79.9 Å². The number of rotatable bonds is 7. The molecule has 3 aliphatic heterocycles. The zero-order valence-electron chi connectivity index (χ0n) is 17.7. The van der Waals surface area contributed by atoms with Gasteiger partial charge in [-0.3, -0.25) is 0 Å². The molecule has 15 atom stereocenters. The number of ether oxygens (including phenoxy) is 5. The van der Waals surface area contributed by atoms with Gasteiger partial charge in [-0.25, -0.2) is 0 Å². The molecule has 0 aliphatic carbocycles. The van der Waals surface area contributed by atoms with Gasteiger partial charge in [0.15, 0.2) is 18.9 Å². The lowest BCUT2D eigenvalue weighted by atomic mass is 9.96. The number of aliphatic hydroxyl groups is 11. The maximum Gasteiger partial charge on any atom is 0.187 e. The van der Waals surface area contributed by atoms with Gasteiger partial charge in [0.1, 0.15) is 73.2 Å². The predicted molar refractivity (Wildman–Crippen MR) is 101 cm³/mol. The summed E-state index contributed by atoms with van der Waals surface area (Å²) in [5.74, 6) is 0. The average molecular weight is 504 g/mol. The molecule has 3 aliphatic rings. The van der Waals surface area contributed by atoms with E-state index in [1.54, 1.807) is 0 Å². The molecular formula is C18H32O16. The van der Waals surface area contributed by atoms with E-state index in [9.17, 15) is 56.2 Å². The van der Waals surface area contributed by atoms with E-state index in [4.69, 9.17) is 23.7 Å². The third kappa shape index (κ3) is 5.37. The highest BCUT2D eigenvalue weighted by Gasteiger charge is 2.53. The second-order valence-electron chi connectivity index (χ2n) is 8.33. The minimum Gasteiger partial charge on any atom is -0.394 e. The second-order valence-corrected chi connectivity index (χ2v) is 8.33. The van der Waals surface area contributed by atoms with Crippen molar-refractivity contribution in [2.45, 2.75) is 92.1 Å². The quantitative estimate of drug-likeness (QED) is 0.154. The summed E-state index contributed by atoms with van der Waals surface area (Å²) in [6.45, 7) is -2.31. The van der Waals surface area contributed by atoms with Crippen molar-refractivity contribution in [3.63, 3.8) is 0 Å². The average Bonchev–Trinajstić information content (AvgIpc) is 2.83. The Bertz CT molecular complexity index is 637. The molecule has 0 radical (unpaired) electrons. The van der Waals surface area contributed by atoms with Gasteiger partial charge in [0.25, 0.3) is 0 Å². The van der Waals surface area contributed by atoms with E-state index in [0.717, 1.165) is 0 Å². The molecule has 0 aromatic rings. The minimum atomic E-state index is -1.93. The van der Waals surface area contributed by atoms with Crippen molar-refractivity contribution in [2.75, 3.05) is 19.8 Å². The molecule has 0 bridgehead atoms. The van der Waals surface area contributed by atoms with Crippen molar-refractivity contribution in [1.82, 2.24) is 0 Å². The van der Waals surface area contributed by atoms with Crippen LogP contribution >= 0.6 is 0 Å². The van der Waals surface area contributed by atoms with E-state index >= 15 is 0 Å². The summed E-state index contributed by atoms with van der Waals surface area (Å²) >= 11 is 0. The Morgan fingerprint density at radius 3 is 1.47 bits per heavy atom. The fraction of sp³-hybridized carbons (Fsp3) is 1.00. The van der Waals surface area contributed by atoms with Gasteiger partial charge in [0.2, 0.25) is 0 Å². The molecule has 16 heteroatoms. The first-order valence-electron chi connectivity index (χ1n) is 10.6. The molecule has 200 valence electrons. The van der Waals surface area contributed by atoms with Gasteiger partial charge in [-0.15, -0.1) is 0 Å². The maximum absolute atomic E-state index is 10.6. The van der Waals surface area contributed by atoms with Crippen LogP contribution in [-0.2, 0) is 23.7 Å². The van der Waals surface area contributed by atoms with E-state index in [1.807, 2.05) is 0 Å². The second kappa shape index (κ2) is 11.6. The van der Waals surface area contributed by atoms with Crippen LogP contribution in [0.1, 0.15) is 0 Å². The van der Waals surface area contributed by atoms with E-state index in [2.05, 4.69) is 0 Å². The van der Waals surface area contributed by atoms with E-state index in [0.29, 0.717) is 0 Å². The molecule has 16 nitrogen and oxygen atoms in total. The van der Waals surface area contributed by atoms with Crippen LogP contribution in [0.25, 0.3) is 0 Å². The number of aliphatic hydroxyl groups excluding tert-OH is 11. The fourth-order valence-corrected chi connectivity index (χ4v) is 4.05. The molecule has 0 aromatic carbocycles. The Hall–Kier alpha value is -0.640. The third-order valence-electron chi connectivity index (χ3n) is 6.09. The molecule has 3 rings (SSSR count). The maximum atomic E-state index is 10.6. The van der Waals surface area contributed by atoms with Gasteiger partial charge < -0.3 is 79.9 Å². The van der Waals surface area contributed by atoms with E-state index in [1.165, 1.54) is 0 Å². The molecule has 0 spiro atoms. The Morgan fingerprint density at radius 1 is 0.441 bits per heavy atom. The summed E-state index contributed by atoms with van der Waals surface area (Å²) in [5, 5.41) is 109. The van der Waals surface area contributed by atoms with Crippen LogP contribution in [0.5, 0.6) is 0 Å². The first kappa shape index (κ1) is 27.9. The summed E-state index contributed by atoms with van der Waals surface area (Å²) in [5.41, 5.74) is 0. The predicted octanol–water partition coefficient (Wildman–Crippen LogP) is -7.57. The number of hydrogen-bond donors (Lipinski definition) is 11. The van der Waals surface area contributed by atoms with E-state index in [-0.39, 0.29) is 0 Å². The fourth-order valence-electron chi connectivity index (χ4n) is 4.05. The smallest absolute Gasteiger partial charge is 0.187 e. The van der Waals surface area contributed by atoms with Gasteiger partial charge in [-0.1, -0.05) is 0 Å². The zero-order valence-corrected chi connectivity index (χ0v) is 17.7. The molecule has 3 saturated heterocycles. The monoisotopic (exact) mass is 504 g/mol. The molecule has 3 heterocycles. The zero-order chi connectivity index (χ0) is 25.3. The Morgan fingerprint density at radius 2 is 0.912 bits per heavy atom. The summed E-state index contributed by atoms with van der Waals surface area (Å²) in [4.78, 5) is 0. The van der Waals surface area contributed by atoms with Crippen LogP contribution in [0.15, 0.2) is 0 Å². The van der Waals surface area contributed by atoms with Crippen molar-refractivity contribution in [1.29, 1.82) is 0 Å². The van der Waals surface area contributed by atoms with Gasteiger partial charge in [0, 0.05) is 0 Å². The first-order chi connectivity index (χ1) is 16.0. The first-order valence-corrected chi connectivity index (χ1v) is 10.6. The van der Waals surface area contributed by atoms with Crippen LogP contribution in [0, 0.1) is 0 Å². The van der Waals surface area contributed by atoms with Crippen LogP contribution in [0.4, 0.5) is 0 Å². The van der Waals surface area contributed by atoms with E-state index < -0.39 is 112 Å². The van der Waals surface area contributed by atoms with Crippen molar-refractivity contribution in [3.8, 4) is 0 Å². The van der Waals surface area contributed by atoms with Crippen LogP contribution in [0.2, 0.25) is 0 Å². The lowest BCUT2D eigenvalue weighted by Gasteiger charge is -2.47. The highest BCUT2D eigenvalue weighted by molar-refractivity contribution is 4.96. The summed E-state index contributed by atoms with van der Waals surface area (Å²) in [6, 6.07) is 0. The summed E-state index contributed by atoms with van der Waals surface area (Å²) in [7, 11) is 0. The SMILES string of the molecule is OC[C@H]1O[C@@H](O[C@@H]2[C@H](O)[C@@H](O)[C@H](O[C@H]3[C@H](O)[C@@H](CO)OC(O)[C@@H]3O)O[C@@H]2CO)[C@H](O)[C@@H](O)[C@@H]1O. The molecule has 0 aromatic heterocycles. The largest absolute Gasteiger partial charge is 0.394 e. The van der Waals surface area contributed by atoms with Crippen molar-refractivity contribution >= 4 is 0 Å². The molecule has 0 saturated carbocycles. The van der Waals surface area contributed by atoms with Gasteiger partial charge in [0.05, 0.1) is 19.8 Å². The third-order valence-corrected chi connectivity index (χ3v) is 6.09. The molecule has 1 unspecified atom stereocenters. The number of hydrogen-bond acceptors (Lipinski definition) is 16. The van der Waals surface area contributed by atoms with Crippen molar-refractivity contribution in [2.24, 2.45) is 0 Å². The molecular weight excluding hydrogens is 472 g/mol. The summed E-state index contributed by atoms with van der Waals surface area (Å²) in [6.07, 6.45) is -25.3. The normalized spacial score (nSPS) is 52.5. The highest BCUT2D eigenvalue weighted by Crippen LogP contribution is 2.32.